The molecule has 1 N–H and O–H groups in total. The van der Waals surface area contributed by atoms with Crippen LogP contribution < -0.4 is 10.9 Å². The fourth-order valence-corrected chi connectivity index (χ4v) is 3.72. The van der Waals surface area contributed by atoms with E-state index in [-0.39, 0.29) is 17.5 Å². The highest BCUT2D eigenvalue weighted by atomic mass is 16.2. The van der Waals surface area contributed by atoms with Crippen molar-refractivity contribution in [3.8, 4) is 0 Å². The number of amides is 1. The van der Waals surface area contributed by atoms with Gasteiger partial charge in [-0.3, -0.25) is 9.59 Å². The van der Waals surface area contributed by atoms with Crippen LogP contribution >= 0.6 is 0 Å². The van der Waals surface area contributed by atoms with Crippen molar-refractivity contribution in [2.45, 2.75) is 71.4 Å². The summed E-state index contributed by atoms with van der Waals surface area (Å²) in [4.78, 5) is 25.6. The quantitative estimate of drug-likeness (QED) is 0.800. The van der Waals surface area contributed by atoms with Gasteiger partial charge < -0.3 is 5.32 Å². The fourth-order valence-electron chi connectivity index (χ4n) is 3.72. The predicted octanol–water partition coefficient (Wildman–Crippen LogP) is 3.90. The Morgan fingerprint density at radius 3 is 2.54 bits per heavy atom. The number of rotatable bonds is 6. The number of hydrogen-bond donors (Lipinski definition) is 1. The third-order valence-electron chi connectivity index (χ3n) is 5.41. The van der Waals surface area contributed by atoms with Gasteiger partial charge in [-0.15, -0.1) is 0 Å². The Balaban J connectivity index is 1.89. The predicted molar refractivity (Wildman–Crippen MR) is 104 cm³/mol. The number of carbonyl (C=O) groups excluding carboxylic acids is 1. The number of nitrogens with one attached hydrogen (secondary N) is 1. The molecular weight excluding hydrogens is 326 g/mol. The highest BCUT2D eigenvalue weighted by molar-refractivity contribution is 6.04. The molecule has 1 aromatic heterocycles. The number of fused-ring (bicyclic) bond motifs is 1. The summed E-state index contributed by atoms with van der Waals surface area (Å²) in [5, 5.41) is 8.80. The lowest BCUT2D eigenvalue weighted by molar-refractivity contribution is 0.0917. The van der Waals surface area contributed by atoms with Crippen molar-refractivity contribution >= 4 is 16.7 Å². The molecule has 0 spiro atoms. The lowest BCUT2D eigenvalue weighted by Crippen LogP contribution is -2.39. The van der Waals surface area contributed by atoms with Crippen molar-refractivity contribution < 1.29 is 4.79 Å². The summed E-state index contributed by atoms with van der Waals surface area (Å²) in [5.41, 5.74) is 0.259. The molecule has 1 aromatic carbocycles. The van der Waals surface area contributed by atoms with E-state index in [0.717, 1.165) is 50.9 Å². The molecule has 1 amide bonds. The molecule has 0 radical (unpaired) electrons. The molecule has 1 heterocycles. The molecule has 1 saturated carbocycles. The Bertz CT molecular complexity index is 820. The average Bonchev–Trinajstić information content (AvgIpc) is 2.65. The standard InChI is InChI=1S/C21H29N3O2/c1-3-4-7-14-24-21(26)18-9-6-5-8-17(18)19(23-24)20(25)22-16-12-10-15(2)11-13-16/h5-6,8-9,15-16H,3-4,7,10-14H2,1-2H3,(H,22,25). The zero-order valence-corrected chi connectivity index (χ0v) is 15.8. The van der Waals surface area contributed by atoms with Gasteiger partial charge in [-0.1, -0.05) is 44.9 Å². The Morgan fingerprint density at radius 1 is 1.15 bits per heavy atom. The van der Waals surface area contributed by atoms with Gasteiger partial charge in [0.05, 0.1) is 5.39 Å². The van der Waals surface area contributed by atoms with Crippen molar-refractivity contribution in [3.05, 3.63) is 40.3 Å². The number of benzene rings is 1. The van der Waals surface area contributed by atoms with Crippen LogP contribution in [0, 0.1) is 5.92 Å². The van der Waals surface area contributed by atoms with Gasteiger partial charge >= 0.3 is 0 Å². The van der Waals surface area contributed by atoms with Crippen LogP contribution in [0.2, 0.25) is 0 Å². The van der Waals surface area contributed by atoms with Crippen LogP contribution in [0.3, 0.4) is 0 Å². The second-order valence-electron chi connectivity index (χ2n) is 7.56. The Morgan fingerprint density at radius 2 is 1.85 bits per heavy atom. The number of aromatic nitrogens is 2. The highest BCUT2D eigenvalue weighted by Crippen LogP contribution is 2.24. The summed E-state index contributed by atoms with van der Waals surface area (Å²) < 4.78 is 1.47. The molecule has 26 heavy (non-hydrogen) atoms. The number of aryl methyl sites for hydroxylation is 1. The number of unbranched alkanes of at least 4 members (excludes halogenated alkanes) is 2. The van der Waals surface area contributed by atoms with Crippen molar-refractivity contribution in [2.24, 2.45) is 5.92 Å². The molecule has 2 aromatic rings. The zero-order valence-electron chi connectivity index (χ0n) is 15.8. The van der Waals surface area contributed by atoms with E-state index < -0.39 is 0 Å². The number of hydrogen-bond acceptors (Lipinski definition) is 3. The van der Waals surface area contributed by atoms with Crippen LogP contribution in [-0.2, 0) is 6.54 Å². The van der Waals surface area contributed by atoms with E-state index in [9.17, 15) is 9.59 Å². The van der Waals surface area contributed by atoms with Gasteiger partial charge in [0.1, 0.15) is 0 Å². The highest BCUT2D eigenvalue weighted by Gasteiger charge is 2.23. The number of carbonyl (C=O) groups is 1. The van der Waals surface area contributed by atoms with Crippen LogP contribution in [0.25, 0.3) is 10.8 Å². The van der Waals surface area contributed by atoms with E-state index in [2.05, 4.69) is 24.3 Å². The second-order valence-corrected chi connectivity index (χ2v) is 7.56. The monoisotopic (exact) mass is 355 g/mol. The van der Waals surface area contributed by atoms with Crippen molar-refractivity contribution in [1.29, 1.82) is 0 Å². The topological polar surface area (TPSA) is 64.0 Å². The second kappa shape index (κ2) is 8.47. The largest absolute Gasteiger partial charge is 0.348 e. The zero-order chi connectivity index (χ0) is 18.5. The molecule has 1 aliphatic carbocycles. The van der Waals surface area contributed by atoms with E-state index in [1.54, 1.807) is 6.07 Å². The lowest BCUT2D eigenvalue weighted by atomic mass is 9.87. The molecule has 3 rings (SSSR count). The molecule has 1 fully saturated rings. The molecule has 1 aliphatic rings. The first kappa shape index (κ1) is 18.6. The van der Waals surface area contributed by atoms with Crippen molar-refractivity contribution in [1.82, 2.24) is 15.1 Å². The van der Waals surface area contributed by atoms with Crippen LogP contribution in [0.15, 0.2) is 29.1 Å². The van der Waals surface area contributed by atoms with E-state index in [1.165, 1.54) is 4.68 Å². The molecule has 0 unspecified atom stereocenters. The minimum Gasteiger partial charge on any atom is -0.348 e. The minimum atomic E-state index is -0.162. The molecule has 140 valence electrons. The number of nitrogens with zero attached hydrogens (tertiary/aromatic N) is 2. The molecule has 0 aliphatic heterocycles. The van der Waals surface area contributed by atoms with Gasteiger partial charge in [-0.2, -0.15) is 5.10 Å². The van der Waals surface area contributed by atoms with Crippen molar-refractivity contribution in [2.75, 3.05) is 0 Å². The minimum absolute atomic E-state index is 0.111. The Hall–Kier alpha value is -2.17. The van der Waals surface area contributed by atoms with Gasteiger partial charge in [0.15, 0.2) is 5.69 Å². The van der Waals surface area contributed by atoms with E-state index in [4.69, 9.17) is 0 Å². The van der Waals surface area contributed by atoms with Crippen molar-refractivity contribution in [3.63, 3.8) is 0 Å². The summed E-state index contributed by atoms with van der Waals surface area (Å²) in [5.74, 6) is 0.576. The Labute approximate surface area is 154 Å². The normalized spacial score (nSPS) is 20.2. The lowest BCUT2D eigenvalue weighted by Gasteiger charge is -2.26. The van der Waals surface area contributed by atoms with E-state index in [0.29, 0.717) is 23.0 Å². The van der Waals surface area contributed by atoms with Crippen LogP contribution in [0.1, 0.15) is 69.3 Å². The first-order chi connectivity index (χ1) is 12.6. The van der Waals surface area contributed by atoms with E-state index in [1.807, 2.05) is 18.2 Å². The summed E-state index contributed by atoms with van der Waals surface area (Å²) in [6.07, 6.45) is 7.34. The SMILES string of the molecule is CCCCCn1nc(C(=O)NC2CCC(C)CC2)c2ccccc2c1=O. The van der Waals surface area contributed by atoms with Crippen LogP contribution in [0.4, 0.5) is 0 Å². The Kier molecular flexibility index (Phi) is 6.07. The van der Waals surface area contributed by atoms with Crippen LogP contribution in [0.5, 0.6) is 0 Å². The molecule has 5 heteroatoms. The maximum atomic E-state index is 12.9. The summed E-state index contributed by atoms with van der Waals surface area (Å²) in [6.45, 7) is 4.94. The average molecular weight is 355 g/mol. The van der Waals surface area contributed by atoms with Crippen LogP contribution in [-0.4, -0.2) is 21.7 Å². The summed E-state index contributed by atoms with van der Waals surface area (Å²) >= 11 is 0. The van der Waals surface area contributed by atoms with Gasteiger partial charge in [0.25, 0.3) is 11.5 Å². The fraction of sp³-hybridized carbons (Fsp3) is 0.571. The summed E-state index contributed by atoms with van der Waals surface area (Å²) in [6, 6.07) is 7.50. The first-order valence-electron chi connectivity index (χ1n) is 9.91. The third kappa shape index (κ3) is 4.14. The first-order valence-corrected chi connectivity index (χ1v) is 9.91. The molecule has 5 nitrogen and oxygen atoms in total. The maximum Gasteiger partial charge on any atom is 0.274 e. The van der Waals surface area contributed by atoms with E-state index >= 15 is 0 Å². The summed E-state index contributed by atoms with van der Waals surface area (Å²) in [7, 11) is 0. The smallest absolute Gasteiger partial charge is 0.274 e. The molecule has 0 atom stereocenters. The van der Waals surface area contributed by atoms with Gasteiger partial charge in [0.2, 0.25) is 0 Å². The van der Waals surface area contributed by atoms with Gasteiger partial charge in [-0.05, 0) is 44.1 Å². The molecular formula is C21H29N3O2. The third-order valence-corrected chi connectivity index (χ3v) is 5.41. The molecule has 0 bridgehead atoms. The molecule has 0 saturated heterocycles. The maximum absolute atomic E-state index is 12.9. The van der Waals surface area contributed by atoms with Gasteiger partial charge in [0, 0.05) is 18.0 Å². The van der Waals surface area contributed by atoms with Gasteiger partial charge in [-0.25, -0.2) is 4.68 Å².